The van der Waals surface area contributed by atoms with Crippen molar-refractivity contribution in [2.45, 2.75) is 39.3 Å². The van der Waals surface area contributed by atoms with Crippen molar-refractivity contribution >= 4 is 5.91 Å². The molecule has 0 spiro atoms. The summed E-state index contributed by atoms with van der Waals surface area (Å²) in [6.45, 7) is 6.88. The largest absolute Gasteiger partial charge is 0.352 e. The fourth-order valence-corrected chi connectivity index (χ4v) is 3.09. The fraction of sp³-hybridized carbons (Fsp3) is 0.474. The second-order valence-corrected chi connectivity index (χ2v) is 6.57. The summed E-state index contributed by atoms with van der Waals surface area (Å²) in [6.07, 6.45) is 7.35. The van der Waals surface area contributed by atoms with Crippen molar-refractivity contribution < 1.29 is 4.79 Å². The van der Waals surface area contributed by atoms with E-state index in [0.717, 1.165) is 30.6 Å². The van der Waals surface area contributed by atoms with E-state index in [4.69, 9.17) is 0 Å². The van der Waals surface area contributed by atoms with Crippen molar-refractivity contribution in [3.63, 3.8) is 0 Å². The van der Waals surface area contributed by atoms with Crippen LogP contribution in [0.1, 0.15) is 40.7 Å². The summed E-state index contributed by atoms with van der Waals surface area (Å²) in [5.74, 6) is -0.000585. The first-order chi connectivity index (χ1) is 11.7. The van der Waals surface area contributed by atoms with Gasteiger partial charge in [-0.1, -0.05) is 12.1 Å². The average molecular weight is 326 g/mol. The van der Waals surface area contributed by atoms with Gasteiger partial charge in [0.2, 0.25) is 0 Å². The Morgan fingerprint density at radius 1 is 1.21 bits per heavy atom. The SMILES string of the molecule is Cc1cnn(CCCNC(=O)c2ccc(CN3CCCC3)cc2)c1. The van der Waals surface area contributed by atoms with Crippen molar-refractivity contribution in [1.82, 2.24) is 20.0 Å². The Morgan fingerprint density at radius 3 is 2.62 bits per heavy atom. The summed E-state index contributed by atoms with van der Waals surface area (Å²) in [5, 5.41) is 7.22. The Balaban J connectivity index is 1.41. The zero-order chi connectivity index (χ0) is 16.8. The number of hydrogen-bond donors (Lipinski definition) is 1. The smallest absolute Gasteiger partial charge is 0.251 e. The molecule has 1 N–H and O–H groups in total. The maximum atomic E-state index is 12.2. The molecule has 0 unspecified atom stereocenters. The van der Waals surface area contributed by atoms with Crippen LogP contribution < -0.4 is 5.32 Å². The van der Waals surface area contributed by atoms with E-state index in [0.29, 0.717) is 6.54 Å². The highest BCUT2D eigenvalue weighted by Crippen LogP contribution is 2.13. The molecule has 1 aliphatic heterocycles. The minimum absolute atomic E-state index is 0.000585. The van der Waals surface area contributed by atoms with Crippen molar-refractivity contribution in [3.05, 3.63) is 53.3 Å². The number of hydrogen-bond acceptors (Lipinski definition) is 3. The molecule has 128 valence electrons. The molecule has 0 radical (unpaired) electrons. The molecule has 5 heteroatoms. The van der Waals surface area contributed by atoms with Gasteiger partial charge in [0.05, 0.1) is 6.20 Å². The number of carbonyl (C=O) groups excluding carboxylic acids is 1. The van der Waals surface area contributed by atoms with Crippen molar-refractivity contribution in [1.29, 1.82) is 0 Å². The molecule has 24 heavy (non-hydrogen) atoms. The van der Waals surface area contributed by atoms with Crippen LogP contribution in [-0.2, 0) is 13.1 Å². The second kappa shape index (κ2) is 8.11. The lowest BCUT2D eigenvalue weighted by atomic mass is 10.1. The molecule has 1 amide bonds. The first kappa shape index (κ1) is 16.7. The number of rotatable bonds is 7. The van der Waals surface area contributed by atoms with Crippen LogP contribution in [0.25, 0.3) is 0 Å². The lowest BCUT2D eigenvalue weighted by molar-refractivity contribution is 0.0952. The number of likely N-dealkylation sites (tertiary alicyclic amines) is 1. The van der Waals surface area contributed by atoms with Gasteiger partial charge in [-0.3, -0.25) is 14.4 Å². The molecule has 1 saturated heterocycles. The van der Waals surface area contributed by atoms with Crippen LogP contribution in [0.5, 0.6) is 0 Å². The van der Waals surface area contributed by atoms with Crippen LogP contribution in [0.15, 0.2) is 36.7 Å². The highest BCUT2D eigenvalue weighted by Gasteiger charge is 2.12. The maximum absolute atomic E-state index is 12.2. The van der Waals surface area contributed by atoms with Gasteiger partial charge in [0, 0.05) is 31.4 Å². The van der Waals surface area contributed by atoms with Gasteiger partial charge in [-0.15, -0.1) is 0 Å². The van der Waals surface area contributed by atoms with E-state index >= 15 is 0 Å². The summed E-state index contributed by atoms with van der Waals surface area (Å²) < 4.78 is 1.91. The summed E-state index contributed by atoms with van der Waals surface area (Å²) in [7, 11) is 0. The van der Waals surface area contributed by atoms with Gasteiger partial charge in [-0.2, -0.15) is 5.10 Å². The fourth-order valence-electron chi connectivity index (χ4n) is 3.09. The highest BCUT2D eigenvalue weighted by atomic mass is 16.1. The van der Waals surface area contributed by atoms with Crippen molar-refractivity contribution in [2.24, 2.45) is 0 Å². The molecule has 2 aromatic rings. The van der Waals surface area contributed by atoms with E-state index in [2.05, 4.69) is 27.4 Å². The molecular weight excluding hydrogens is 300 g/mol. The third-order valence-corrected chi connectivity index (χ3v) is 4.43. The number of aromatic nitrogens is 2. The summed E-state index contributed by atoms with van der Waals surface area (Å²) >= 11 is 0. The van der Waals surface area contributed by atoms with Crippen molar-refractivity contribution in [2.75, 3.05) is 19.6 Å². The molecule has 0 atom stereocenters. The molecular formula is C19H26N4O. The molecule has 0 bridgehead atoms. The van der Waals surface area contributed by atoms with Gasteiger partial charge in [0.1, 0.15) is 0 Å². The Labute approximate surface area is 143 Å². The van der Waals surface area contributed by atoms with Gasteiger partial charge >= 0.3 is 0 Å². The van der Waals surface area contributed by atoms with Gasteiger partial charge in [0.15, 0.2) is 0 Å². The third-order valence-electron chi connectivity index (χ3n) is 4.43. The Hall–Kier alpha value is -2.14. The first-order valence-electron chi connectivity index (χ1n) is 8.79. The predicted octanol–water partition coefficient (Wildman–Crippen LogP) is 2.61. The van der Waals surface area contributed by atoms with Gasteiger partial charge in [-0.25, -0.2) is 0 Å². The van der Waals surface area contributed by atoms with E-state index in [-0.39, 0.29) is 5.91 Å². The third kappa shape index (κ3) is 4.68. The molecule has 3 rings (SSSR count). The van der Waals surface area contributed by atoms with Gasteiger partial charge in [-0.05, 0) is 62.5 Å². The van der Waals surface area contributed by atoms with E-state index in [1.54, 1.807) is 0 Å². The maximum Gasteiger partial charge on any atom is 0.251 e. The number of amides is 1. The van der Waals surface area contributed by atoms with Crippen LogP contribution in [0, 0.1) is 6.92 Å². The van der Waals surface area contributed by atoms with Crippen molar-refractivity contribution in [3.8, 4) is 0 Å². The quantitative estimate of drug-likeness (QED) is 0.796. The number of carbonyl (C=O) groups is 1. The minimum atomic E-state index is -0.000585. The molecule has 0 aliphatic carbocycles. The Morgan fingerprint density at radius 2 is 1.96 bits per heavy atom. The second-order valence-electron chi connectivity index (χ2n) is 6.57. The molecule has 1 aromatic heterocycles. The van der Waals surface area contributed by atoms with Gasteiger partial charge in [0.25, 0.3) is 5.91 Å². The number of benzene rings is 1. The minimum Gasteiger partial charge on any atom is -0.352 e. The number of aryl methyl sites for hydroxylation is 2. The first-order valence-corrected chi connectivity index (χ1v) is 8.79. The predicted molar refractivity (Wildman–Crippen MR) is 94.9 cm³/mol. The van der Waals surface area contributed by atoms with Crippen LogP contribution in [-0.4, -0.2) is 40.2 Å². The number of nitrogens with zero attached hydrogens (tertiary/aromatic N) is 3. The Kier molecular flexibility index (Phi) is 5.64. The van der Waals surface area contributed by atoms with Crippen LogP contribution in [0.4, 0.5) is 0 Å². The lowest BCUT2D eigenvalue weighted by Gasteiger charge is -2.14. The van der Waals surface area contributed by atoms with E-state index < -0.39 is 0 Å². The number of nitrogens with one attached hydrogen (secondary N) is 1. The van der Waals surface area contributed by atoms with Gasteiger partial charge < -0.3 is 5.32 Å². The molecule has 1 aliphatic rings. The molecule has 5 nitrogen and oxygen atoms in total. The molecule has 2 heterocycles. The normalized spacial score (nSPS) is 14.9. The highest BCUT2D eigenvalue weighted by molar-refractivity contribution is 5.94. The zero-order valence-corrected chi connectivity index (χ0v) is 14.4. The lowest BCUT2D eigenvalue weighted by Crippen LogP contribution is -2.25. The average Bonchev–Trinajstić information content (AvgIpc) is 3.24. The standard InChI is InChI=1S/C19H26N4O/c1-16-13-21-23(14-16)12-4-9-20-19(24)18-7-5-17(6-8-18)15-22-10-2-3-11-22/h5-8,13-14H,2-4,9-12,15H2,1H3,(H,20,24). The summed E-state index contributed by atoms with van der Waals surface area (Å²) in [6, 6.07) is 7.99. The Bertz CT molecular complexity index is 656. The van der Waals surface area contributed by atoms with Crippen LogP contribution >= 0.6 is 0 Å². The van der Waals surface area contributed by atoms with E-state index in [1.807, 2.05) is 36.1 Å². The van der Waals surface area contributed by atoms with E-state index in [1.165, 1.54) is 31.5 Å². The topological polar surface area (TPSA) is 50.2 Å². The molecule has 0 saturated carbocycles. The summed E-state index contributed by atoms with van der Waals surface area (Å²) in [4.78, 5) is 14.6. The monoisotopic (exact) mass is 326 g/mol. The van der Waals surface area contributed by atoms with Crippen LogP contribution in [0.2, 0.25) is 0 Å². The molecule has 1 fully saturated rings. The molecule has 1 aromatic carbocycles. The van der Waals surface area contributed by atoms with E-state index in [9.17, 15) is 4.79 Å². The van der Waals surface area contributed by atoms with Crippen LogP contribution in [0.3, 0.4) is 0 Å². The summed E-state index contributed by atoms with van der Waals surface area (Å²) in [5.41, 5.74) is 3.17. The zero-order valence-electron chi connectivity index (χ0n) is 14.4.